The van der Waals surface area contributed by atoms with Crippen LogP contribution in [0.4, 0.5) is 0 Å². The van der Waals surface area contributed by atoms with E-state index in [9.17, 15) is 9.59 Å². The number of hydrogen-bond donors (Lipinski definition) is 1. The van der Waals surface area contributed by atoms with Gasteiger partial charge in [-0.15, -0.1) is 0 Å². The maximum absolute atomic E-state index is 12.0. The molecule has 0 spiro atoms. The van der Waals surface area contributed by atoms with Gasteiger partial charge in [-0.05, 0) is 6.07 Å². The summed E-state index contributed by atoms with van der Waals surface area (Å²) >= 11 is 0. The fourth-order valence-corrected chi connectivity index (χ4v) is 1.84. The molecule has 6 nitrogen and oxygen atoms in total. The number of aliphatic hydroxyl groups is 1. The Morgan fingerprint density at radius 1 is 1.71 bits per heavy atom. The highest BCUT2D eigenvalue weighted by Gasteiger charge is 2.37. The number of fused-ring (bicyclic) bond motifs is 1. The van der Waals surface area contributed by atoms with E-state index in [2.05, 4.69) is 9.72 Å². The van der Waals surface area contributed by atoms with Gasteiger partial charge in [-0.25, -0.2) is 4.79 Å². The van der Waals surface area contributed by atoms with Crippen LogP contribution in [0.2, 0.25) is 0 Å². The van der Waals surface area contributed by atoms with Gasteiger partial charge >= 0.3 is 5.97 Å². The van der Waals surface area contributed by atoms with Gasteiger partial charge < -0.3 is 14.7 Å². The Bertz CT molecular complexity index is 461. The van der Waals surface area contributed by atoms with Gasteiger partial charge in [-0.2, -0.15) is 0 Å². The quantitative estimate of drug-likeness (QED) is 0.720. The van der Waals surface area contributed by atoms with Crippen LogP contribution < -0.4 is 0 Å². The second kappa shape index (κ2) is 4.50. The maximum Gasteiger partial charge on any atom is 0.331 e. The van der Waals surface area contributed by atoms with Crippen molar-refractivity contribution in [3.05, 3.63) is 29.6 Å². The van der Waals surface area contributed by atoms with Crippen molar-refractivity contribution in [1.82, 2.24) is 9.88 Å². The number of rotatable bonds is 3. The molecule has 1 aliphatic heterocycles. The molecule has 1 amide bonds. The van der Waals surface area contributed by atoms with Crippen molar-refractivity contribution in [2.45, 2.75) is 12.6 Å². The number of carbonyl (C=O) groups is 2. The Morgan fingerprint density at radius 2 is 2.47 bits per heavy atom. The molecule has 0 aromatic carbocycles. The minimum Gasteiger partial charge on any atom is -0.467 e. The van der Waals surface area contributed by atoms with Gasteiger partial charge in [0.2, 0.25) is 0 Å². The first kappa shape index (κ1) is 11.5. The summed E-state index contributed by atoms with van der Waals surface area (Å²) in [6, 6.07) is 2.52. The molecule has 2 heterocycles. The molecule has 17 heavy (non-hydrogen) atoms. The lowest BCUT2D eigenvalue weighted by Gasteiger charge is -2.23. The average molecular weight is 236 g/mol. The Balaban J connectivity index is 2.27. The van der Waals surface area contributed by atoms with Crippen molar-refractivity contribution in [2.24, 2.45) is 0 Å². The third-order valence-electron chi connectivity index (χ3n) is 2.72. The van der Waals surface area contributed by atoms with Crippen LogP contribution in [-0.2, 0) is 16.1 Å². The zero-order chi connectivity index (χ0) is 12.4. The highest BCUT2D eigenvalue weighted by molar-refractivity contribution is 5.98. The predicted molar refractivity (Wildman–Crippen MR) is 57.0 cm³/mol. The summed E-state index contributed by atoms with van der Waals surface area (Å²) in [5.74, 6) is -0.987. The molecule has 1 aliphatic rings. The SMILES string of the molecule is COC(=O)C(CO)N1Cc2cccnc2C1=O. The number of esters is 1. The fraction of sp³-hybridized carbons (Fsp3) is 0.364. The minimum atomic E-state index is -0.971. The Hall–Kier alpha value is -1.95. The lowest BCUT2D eigenvalue weighted by molar-refractivity contribution is -0.147. The van der Waals surface area contributed by atoms with E-state index in [1.54, 1.807) is 12.1 Å². The molecular weight excluding hydrogens is 224 g/mol. The smallest absolute Gasteiger partial charge is 0.331 e. The Labute approximate surface area is 97.8 Å². The molecule has 0 aliphatic carbocycles. The third kappa shape index (κ3) is 1.87. The lowest BCUT2D eigenvalue weighted by Crippen LogP contribution is -2.44. The molecule has 2 rings (SSSR count). The second-order valence-corrected chi connectivity index (χ2v) is 3.67. The van der Waals surface area contributed by atoms with E-state index < -0.39 is 18.6 Å². The summed E-state index contributed by atoms with van der Waals surface area (Å²) in [5, 5.41) is 9.17. The first-order valence-electron chi connectivity index (χ1n) is 5.12. The van der Waals surface area contributed by atoms with Crippen molar-refractivity contribution < 1.29 is 19.4 Å². The minimum absolute atomic E-state index is 0.266. The predicted octanol–water partition coefficient (Wildman–Crippen LogP) is -0.429. The molecule has 90 valence electrons. The molecule has 1 unspecified atom stereocenters. The Morgan fingerprint density at radius 3 is 3.06 bits per heavy atom. The van der Waals surface area contributed by atoms with E-state index in [0.717, 1.165) is 5.56 Å². The van der Waals surface area contributed by atoms with Crippen molar-refractivity contribution in [1.29, 1.82) is 0 Å². The lowest BCUT2D eigenvalue weighted by atomic mass is 10.2. The number of nitrogens with zero attached hydrogens (tertiary/aromatic N) is 2. The van der Waals surface area contributed by atoms with Crippen LogP contribution in [0.3, 0.4) is 0 Å². The molecule has 1 aromatic heterocycles. The summed E-state index contributed by atoms with van der Waals surface area (Å²) in [6.07, 6.45) is 1.52. The van der Waals surface area contributed by atoms with Crippen molar-refractivity contribution >= 4 is 11.9 Å². The van der Waals surface area contributed by atoms with Gasteiger partial charge in [-0.1, -0.05) is 6.07 Å². The summed E-state index contributed by atoms with van der Waals surface area (Å²) in [7, 11) is 1.22. The molecule has 6 heteroatoms. The summed E-state index contributed by atoms with van der Waals surface area (Å²) < 4.78 is 4.55. The average Bonchev–Trinajstić information content (AvgIpc) is 2.68. The first-order chi connectivity index (χ1) is 8.19. The van der Waals surface area contributed by atoms with Gasteiger partial charge in [0.1, 0.15) is 5.69 Å². The summed E-state index contributed by atoms with van der Waals surface area (Å²) in [6.45, 7) is -0.200. The first-order valence-corrected chi connectivity index (χ1v) is 5.12. The standard InChI is InChI=1S/C11H12N2O4/c1-17-11(16)8(6-14)13-5-7-3-2-4-12-9(7)10(13)15/h2-4,8,14H,5-6H2,1H3. The van der Waals surface area contributed by atoms with Crippen molar-refractivity contribution in [3.8, 4) is 0 Å². The topological polar surface area (TPSA) is 79.7 Å². The highest BCUT2D eigenvalue weighted by Crippen LogP contribution is 2.22. The Kier molecular flexibility index (Phi) is 3.06. The molecule has 0 bridgehead atoms. The number of carbonyl (C=O) groups excluding carboxylic acids is 2. The summed E-state index contributed by atoms with van der Waals surface area (Å²) in [4.78, 5) is 28.6. The zero-order valence-electron chi connectivity index (χ0n) is 9.29. The van der Waals surface area contributed by atoms with E-state index in [4.69, 9.17) is 5.11 Å². The van der Waals surface area contributed by atoms with Crippen molar-refractivity contribution in [2.75, 3.05) is 13.7 Å². The molecule has 1 N–H and O–H groups in total. The molecular formula is C11H12N2O4. The van der Waals surface area contributed by atoms with E-state index in [1.165, 1.54) is 18.2 Å². The van der Waals surface area contributed by atoms with Gasteiger partial charge in [-0.3, -0.25) is 9.78 Å². The van der Waals surface area contributed by atoms with Gasteiger partial charge in [0, 0.05) is 18.3 Å². The van der Waals surface area contributed by atoms with Gasteiger partial charge in [0.05, 0.1) is 13.7 Å². The fourth-order valence-electron chi connectivity index (χ4n) is 1.84. The molecule has 0 radical (unpaired) electrons. The van der Waals surface area contributed by atoms with Crippen LogP contribution in [0.5, 0.6) is 0 Å². The number of methoxy groups -OCH3 is 1. The molecule has 1 aromatic rings. The van der Waals surface area contributed by atoms with Crippen LogP contribution in [0.1, 0.15) is 16.1 Å². The number of amides is 1. The van der Waals surface area contributed by atoms with Crippen LogP contribution in [0, 0.1) is 0 Å². The summed E-state index contributed by atoms with van der Waals surface area (Å²) in [5.41, 5.74) is 1.08. The molecule has 0 saturated heterocycles. The number of hydrogen-bond acceptors (Lipinski definition) is 5. The van der Waals surface area contributed by atoms with Crippen LogP contribution in [0.25, 0.3) is 0 Å². The third-order valence-corrected chi connectivity index (χ3v) is 2.72. The molecule has 1 atom stereocenters. The molecule has 0 saturated carbocycles. The van der Waals surface area contributed by atoms with Crippen LogP contribution in [-0.4, -0.2) is 46.6 Å². The monoisotopic (exact) mass is 236 g/mol. The van der Waals surface area contributed by atoms with E-state index in [-0.39, 0.29) is 12.5 Å². The van der Waals surface area contributed by atoms with E-state index in [1.807, 2.05) is 0 Å². The zero-order valence-corrected chi connectivity index (χ0v) is 9.29. The maximum atomic E-state index is 12.0. The second-order valence-electron chi connectivity index (χ2n) is 3.67. The van der Waals surface area contributed by atoms with Crippen LogP contribution in [0.15, 0.2) is 18.3 Å². The number of ether oxygens (including phenoxy) is 1. The van der Waals surface area contributed by atoms with Crippen LogP contribution >= 0.6 is 0 Å². The number of pyridine rings is 1. The van der Waals surface area contributed by atoms with Gasteiger partial charge in [0.15, 0.2) is 6.04 Å². The van der Waals surface area contributed by atoms with Crippen molar-refractivity contribution in [3.63, 3.8) is 0 Å². The largest absolute Gasteiger partial charge is 0.467 e. The highest BCUT2D eigenvalue weighted by atomic mass is 16.5. The molecule has 0 fully saturated rings. The number of aliphatic hydroxyl groups excluding tert-OH is 1. The van der Waals surface area contributed by atoms with E-state index in [0.29, 0.717) is 5.69 Å². The van der Waals surface area contributed by atoms with Gasteiger partial charge in [0.25, 0.3) is 5.91 Å². The normalized spacial score (nSPS) is 15.6. The number of aromatic nitrogens is 1. The van der Waals surface area contributed by atoms with E-state index >= 15 is 0 Å².